The van der Waals surface area contributed by atoms with Crippen molar-refractivity contribution in [3.63, 3.8) is 0 Å². The second kappa shape index (κ2) is 13.4. The number of hydrogen-bond donors (Lipinski definition) is 5. The van der Waals surface area contributed by atoms with Gasteiger partial charge in [0.2, 0.25) is 0 Å². The highest BCUT2D eigenvalue weighted by atomic mass is 31.2. The number of nitrogens with one attached hydrogen (secondary N) is 2. The molecule has 0 bridgehead atoms. The molecule has 1 aliphatic heterocycles. The number of anilines is 1. The fourth-order valence-corrected chi connectivity index (χ4v) is 5.44. The molecule has 1 aliphatic rings. The van der Waals surface area contributed by atoms with Crippen molar-refractivity contribution >= 4 is 25.4 Å². The first kappa shape index (κ1) is 33.7. The van der Waals surface area contributed by atoms with Crippen LogP contribution in [0.3, 0.4) is 0 Å². The molecule has 1 aromatic rings. The fraction of sp³-hybridized carbons (Fsp3) is 0.727. The molecule has 0 aliphatic carbocycles. The second-order valence-corrected chi connectivity index (χ2v) is 11.6. The van der Waals surface area contributed by atoms with Crippen LogP contribution in [0.25, 0.3) is 0 Å². The Kier molecular flexibility index (Phi) is 11.3. The lowest BCUT2D eigenvalue weighted by Crippen LogP contribution is -2.53. The number of nitrogen functional groups attached to an aromatic ring is 1. The predicted molar refractivity (Wildman–Crippen MR) is 135 cm³/mol. The van der Waals surface area contributed by atoms with E-state index in [-0.39, 0.29) is 5.82 Å². The molecule has 228 valence electrons. The van der Waals surface area contributed by atoms with E-state index in [1.807, 2.05) is 0 Å². The van der Waals surface area contributed by atoms with Crippen LogP contribution < -0.4 is 21.6 Å². The Hall–Kier alpha value is -2.53. The minimum absolute atomic E-state index is 0.189. The number of halogens is 2. The first-order valence-electron chi connectivity index (χ1n) is 12.3. The standard InChI is InChI=1S/C22H36F2N5O10P/c1-10(2)37-18(32)12(5)27-40(35,28-13(6)19(33)38-11(3)4)36-9-22(20(23)24)16(31)15(30)17(39-22)29-8-7-14(25)26-21(29)34/h7-8,10-13,15-17,20,30-31H,9H2,1-6H3,(H2,25,26,34)(H2,27,28,35)/t12?,13?,15-,16+,17-,22-,40?/m1/s1. The van der Waals surface area contributed by atoms with Crippen molar-refractivity contribution < 1.29 is 51.9 Å². The summed E-state index contributed by atoms with van der Waals surface area (Å²) in [7, 11) is -4.62. The minimum atomic E-state index is -4.62. The van der Waals surface area contributed by atoms with Gasteiger partial charge in [-0.25, -0.2) is 23.7 Å². The van der Waals surface area contributed by atoms with Gasteiger partial charge in [-0.3, -0.25) is 18.7 Å². The van der Waals surface area contributed by atoms with E-state index >= 15 is 0 Å². The van der Waals surface area contributed by atoms with Crippen LogP contribution in [-0.4, -0.2) is 86.8 Å². The van der Waals surface area contributed by atoms with Crippen molar-refractivity contribution in [1.82, 2.24) is 19.7 Å². The van der Waals surface area contributed by atoms with Gasteiger partial charge in [-0.15, -0.1) is 0 Å². The highest BCUT2D eigenvalue weighted by Gasteiger charge is 2.61. The van der Waals surface area contributed by atoms with Gasteiger partial charge in [0.25, 0.3) is 6.43 Å². The monoisotopic (exact) mass is 599 g/mol. The highest BCUT2D eigenvalue weighted by molar-refractivity contribution is 7.54. The number of ether oxygens (including phenoxy) is 3. The summed E-state index contributed by atoms with van der Waals surface area (Å²) in [5, 5.41) is 25.8. The zero-order chi connectivity index (χ0) is 30.6. The van der Waals surface area contributed by atoms with Crippen molar-refractivity contribution in [2.45, 2.75) is 96.3 Å². The van der Waals surface area contributed by atoms with Gasteiger partial charge in [0.1, 0.15) is 30.1 Å². The molecule has 0 aromatic carbocycles. The molecule has 0 saturated carbocycles. The van der Waals surface area contributed by atoms with Crippen molar-refractivity contribution in [3.8, 4) is 0 Å². The van der Waals surface area contributed by atoms with Crippen LogP contribution in [0, 0.1) is 0 Å². The molecule has 0 amide bonds. The summed E-state index contributed by atoms with van der Waals surface area (Å²) in [6, 6.07) is -1.52. The largest absolute Gasteiger partial charge is 0.462 e. The lowest BCUT2D eigenvalue weighted by Gasteiger charge is -2.33. The Morgan fingerprint density at radius 2 is 1.62 bits per heavy atom. The number of aliphatic hydroxyl groups excluding tert-OH is 2. The number of esters is 2. The molecule has 2 unspecified atom stereocenters. The van der Waals surface area contributed by atoms with E-state index in [2.05, 4.69) is 15.2 Å². The normalized spacial score (nSPS) is 26.1. The van der Waals surface area contributed by atoms with Crippen LogP contribution in [-0.2, 0) is 32.9 Å². The molecule has 15 nitrogen and oxygen atoms in total. The summed E-state index contributed by atoms with van der Waals surface area (Å²) in [4.78, 5) is 40.3. The van der Waals surface area contributed by atoms with Crippen LogP contribution in [0.1, 0.15) is 47.8 Å². The Morgan fingerprint density at radius 1 is 1.12 bits per heavy atom. The molecule has 18 heteroatoms. The first-order chi connectivity index (χ1) is 18.4. The molecule has 6 N–H and O–H groups in total. The van der Waals surface area contributed by atoms with E-state index in [0.29, 0.717) is 4.57 Å². The lowest BCUT2D eigenvalue weighted by atomic mass is 9.96. The molecular formula is C22H36F2N5O10P. The third-order valence-corrected chi connectivity index (χ3v) is 7.51. The minimum Gasteiger partial charge on any atom is -0.462 e. The average Bonchev–Trinajstić information content (AvgIpc) is 3.08. The molecule has 6 atom stereocenters. The van der Waals surface area contributed by atoms with E-state index in [9.17, 15) is 37.9 Å². The third kappa shape index (κ3) is 8.02. The molecule has 1 saturated heterocycles. The zero-order valence-electron chi connectivity index (χ0n) is 22.8. The number of aromatic nitrogens is 2. The van der Waals surface area contributed by atoms with Crippen LogP contribution in [0.2, 0.25) is 0 Å². The van der Waals surface area contributed by atoms with Crippen molar-refractivity contribution in [2.24, 2.45) is 0 Å². The second-order valence-electron chi connectivity index (χ2n) is 9.74. The fourth-order valence-electron chi connectivity index (χ4n) is 3.60. The van der Waals surface area contributed by atoms with E-state index in [1.165, 1.54) is 13.8 Å². The lowest BCUT2D eigenvalue weighted by molar-refractivity contribution is -0.192. The summed E-state index contributed by atoms with van der Waals surface area (Å²) < 4.78 is 64.0. The van der Waals surface area contributed by atoms with Gasteiger partial charge in [0.15, 0.2) is 11.8 Å². The smallest absolute Gasteiger partial charge is 0.351 e. The van der Waals surface area contributed by atoms with Crippen LogP contribution >= 0.6 is 7.67 Å². The predicted octanol–water partition coefficient (Wildman–Crippen LogP) is 0.0641. The highest BCUT2D eigenvalue weighted by Crippen LogP contribution is 2.46. The molecule has 2 rings (SSSR count). The number of carbonyl (C=O) groups is 2. The number of hydrogen-bond acceptors (Lipinski definition) is 12. The van der Waals surface area contributed by atoms with E-state index < -0.39 is 86.7 Å². The van der Waals surface area contributed by atoms with Gasteiger partial charge >= 0.3 is 25.3 Å². The van der Waals surface area contributed by atoms with Crippen LogP contribution in [0.4, 0.5) is 14.6 Å². The van der Waals surface area contributed by atoms with Gasteiger partial charge in [-0.1, -0.05) is 0 Å². The number of aliphatic hydroxyl groups is 2. The molecule has 1 fully saturated rings. The van der Waals surface area contributed by atoms with Crippen molar-refractivity contribution in [2.75, 3.05) is 12.3 Å². The summed E-state index contributed by atoms with van der Waals surface area (Å²) >= 11 is 0. The number of carbonyl (C=O) groups excluding carboxylic acids is 2. The first-order valence-corrected chi connectivity index (χ1v) is 13.9. The Morgan fingerprint density at radius 3 is 2.05 bits per heavy atom. The Bertz CT molecular complexity index is 1120. The maximum absolute atomic E-state index is 14.4. The van der Waals surface area contributed by atoms with E-state index in [1.54, 1.807) is 27.7 Å². The third-order valence-electron chi connectivity index (χ3n) is 5.56. The summed E-state index contributed by atoms with van der Waals surface area (Å²) in [5.41, 5.74) is 1.35. The molecule has 40 heavy (non-hydrogen) atoms. The van der Waals surface area contributed by atoms with Gasteiger partial charge in [0, 0.05) is 6.20 Å². The number of alkyl halides is 2. The van der Waals surface area contributed by atoms with Crippen molar-refractivity contribution in [3.05, 3.63) is 22.7 Å². The van der Waals surface area contributed by atoms with Gasteiger partial charge in [-0.2, -0.15) is 4.98 Å². The van der Waals surface area contributed by atoms with E-state index in [0.717, 1.165) is 12.3 Å². The average molecular weight is 600 g/mol. The molecular weight excluding hydrogens is 563 g/mol. The maximum Gasteiger partial charge on any atom is 0.351 e. The number of nitrogens with two attached hydrogens (primary N) is 1. The van der Waals surface area contributed by atoms with Crippen LogP contribution in [0.5, 0.6) is 0 Å². The maximum atomic E-state index is 14.4. The molecule has 0 spiro atoms. The Balaban J connectivity index is 2.38. The number of rotatable bonds is 13. The van der Waals surface area contributed by atoms with Crippen molar-refractivity contribution in [1.29, 1.82) is 0 Å². The Labute approximate surface area is 228 Å². The number of nitrogens with zero attached hydrogens (tertiary/aromatic N) is 2. The topological polar surface area (TPSA) is 214 Å². The van der Waals surface area contributed by atoms with Gasteiger partial charge in [-0.05, 0) is 47.6 Å². The summed E-state index contributed by atoms with van der Waals surface area (Å²) in [5.74, 6) is -1.93. The summed E-state index contributed by atoms with van der Waals surface area (Å²) in [6.45, 7) is 7.43. The van der Waals surface area contributed by atoms with Gasteiger partial charge < -0.3 is 34.7 Å². The quantitative estimate of drug-likeness (QED) is 0.150. The van der Waals surface area contributed by atoms with E-state index in [4.69, 9.17) is 24.5 Å². The van der Waals surface area contributed by atoms with Gasteiger partial charge in [0.05, 0.1) is 18.8 Å². The SMILES string of the molecule is CC(C)OC(=O)C(C)NP(=O)(NC(C)C(=O)OC(C)C)OC[C@@]1(C(F)F)O[C@@H](n2ccc(N)nc2=O)[C@H](O)[C@@H]1O. The molecule has 2 heterocycles. The molecule has 0 radical (unpaired) electrons. The zero-order valence-corrected chi connectivity index (χ0v) is 23.7. The molecule has 1 aromatic heterocycles. The summed E-state index contributed by atoms with van der Waals surface area (Å²) in [6.07, 6.45) is -9.92. The van der Waals surface area contributed by atoms with Crippen LogP contribution in [0.15, 0.2) is 17.1 Å².